The number of carbonyl (C=O) groups excluding carboxylic acids is 1. The quantitative estimate of drug-likeness (QED) is 0.886. The summed E-state index contributed by atoms with van der Waals surface area (Å²) in [6.45, 7) is 2.67. The number of hydrogen-bond acceptors (Lipinski definition) is 2. The summed E-state index contributed by atoms with van der Waals surface area (Å²) in [5.41, 5.74) is -0.250. The van der Waals surface area contributed by atoms with Gasteiger partial charge in [-0.05, 0) is 25.1 Å². The van der Waals surface area contributed by atoms with Gasteiger partial charge in [0.25, 0.3) is 0 Å². The summed E-state index contributed by atoms with van der Waals surface area (Å²) in [5.74, 6) is 0. The first-order valence-electron chi connectivity index (χ1n) is 7.12. The van der Waals surface area contributed by atoms with Gasteiger partial charge in [-0.25, -0.2) is 4.79 Å². The highest BCUT2D eigenvalue weighted by atomic mass is 35.5. The third kappa shape index (κ3) is 4.41. The molecule has 0 fully saturated rings. The van der Waals surface area contributed by atoms with E-state index in [2.05, 4.69) is 10.4 Å². The number of benzene rings is 1. The van der Waals surface area contributed by atoms with Crippen LogP contribution in [0.4, 0.5) is 23.7 Å². The molecule has 1 aromatic heterocycles. The van der Waals surface area contributed by atoms with Crippen LogP contribution in [-0.4, -0.2) is 27.8 Å². The summed E-state index contributed by atoms with van der Waals surface area (Å²) in [6, 6.07) is 3.88. The van der Waals surface area contributed by atoms with Crippen LogP contribution in [0.3, 0.4) is 0 Å². The summed E-state index contributed by atoms with van der Waals surface area (Å²) < 4.78 is 39.7. The summed E-state index contributed by atoms with van der Waals surface area (Å²) in [6.07, 6.45) is -2.82. The molecule has 0 unspecified atom stereocenters. The minimum atomic E-state index is -4.47. The van der Waals surface area contributed by atoms with Crippen molar-refractivity contribution in [2.24, 2.45) is 0 Å². The Kier molecular flexibility index (Phi) is 5.38. The van der Waals surface area contributed by atoms with Gasteiger partial charge >= 0.3 is 12.2 Å². The van der Waals surface area contributed by atoms with E-state index >= 15 is 0 Å². The lowest BCUT2D eigenvalue weighted by Gasteiger charge is -2.17. The van der Waals surface area contributed by atoms with E-state index in [9.17, 15) is 18.0 Å². The van der Waals surface area contributed by atoms with E-state index in [-0.39, 0.29) is 12.2 Å². The predicted molar refractivity (Wildman–Crippen MR) is 84.8 cm³/mol. The number of nitrogens with zero attached hydrogens (tertiary/aromatic N) is 3. The first kappa shape index (κ1) is 18.1. The van der Waals surface area contributed by atoms with Gasteiger partial charge in [0.15, 0.2) is 0 Å². The zero-order valence-corrected chi connectivity index (χ0v) is 13.8. The molecule has 0 saturated carbocycles. The Balaban J connectivity index is 2.05. The molecule has 0 aliphatic heterocycles. The van der Waals surface area contributed by atoms with Crippen LogP contribution in [0, 0.1) is 0 Å². The molecule has 130 valence electrons. The van der Waals surface area contributed by atoms with Gasteiger partial charge in [-0.2, -0.15) is 18.3 Å². The molecule has 2 amide bonds. The Morgan fingerprint density at radius 1 is 1.42 bits per heavy atom. The Labute approximate surface area is 142 Å². The van der Waals surface area contributed by atoms with Crippen molar-refractivity contribution in [2.45, 2.75) is 26.2 Å². The molecule has 5 nitrogen and oxygen atoms in total. The summed E-state index contributed by atoms with van der Waals surface area (Å²) in [7, 11) is 1.50. The molecule has 0 aliphatic rings. The van der Waals surface area contributed by atoms with Gasteiger partial charge in [-0.1, -0.05) is 17.7 Å². The molecule has 1 heterocycles. The van der Waals surface area contributed by atoms with Crippen molar-refractivity contribution in [1.82, 2.24) is 14.7 Å². The molecule has 2 aromatic rings. The van der Waals surface area contributed by atoms with Crippen LogP contribution in [-0.2, 0) is 19.3 Å². The number of amides is 2. The van der Waals surface area contributed by atoms with E-state index in [1.807, 2.05) is 6.92 Å². The fourth-order valence-corrected chi connectivity index (χ4v) is 2.21. The number of urea groups is 1. The SMILES string of the molecule is CCn1cc(Cl)c(CN(C)C(=O)Nc2cccc(C(F)(F)F)c2)n1. The van der Waals surface area contributed by atoms with Crippen molar-refractivity contribution in [2.75, 3.05) is 12.4 Å². The van der Waals surface area contributed by atoms with Crippen molar-refractivity contribution < 1.29 is 18.0 Å². The van der Waals surface area contributed by atoms with Gasteiger partial charge in [0.1, 0.15) is 5.69 Å². The normalized spacial score (nSPS) is 11.4. The van der Waals surface area contributed by atoms with Gasteiger partial charge < -0.3 is 10.2 Å². The minimum absolute atomic E-state index is 0.0619. The average molecular weight is 361 g/mol. The third-order valence-corrected chi connectivity index (χ3v) is 3.60. The summed E-state index contributed by atoms with van der Waals surface area (Å²) in [4.78, 5) is 13.4. The highest BCUT2D eigenvalue weighted by Crippen LogP contribution is 2.30. The predicted octanol–water partition coefficient (Wildman–Crippen LogP) is 4.24. The van der Waals surface area contributed by atoms with Crippen LogP contribution in [0.1, 0.15) is 18.2 Å². The van der Waals surface area contributed by atoms with Crippen molar-refractivity contribution in [1.29, 1.82) is 0 Å². The number of alkyl halides is 3. The molecule has 0 saturated heterocycles. The van der Waals surface area contributed by atoms with Gasteiger partial charge in [0, 0.05) is 25.5 Å². The Hall–Kier alpha value is -2.22. The van der Waals surface area contributed by atoms with E-state index in [0.717, 1.165) is 12.1 Å². The number of halogens is 4. The zero-order valence-electron chi connectivity index (χ0n) is 13.1. The van der Waals surface area contributed by atoms with E-state index in [1.54, 1.807) is 10.9 Å². The van der Waals surface area contributed by atoms with Crippen molar-refractivity contribution in [3.8, 4) is 0 Å². The molecule has 0 radical (unpaired) electrons. The maximum absolute atomic E-state index is 12.7. The molecule has 1 aromatic carbocycles. The van der Waals surface area contributed by atoms with Gasteiger partial charge in [0.2, 0.25) is 0 Å². The molecule has 0 bridgehead atoms. The highest BCUT2D eigenvalue weighted by Gasteiger charge is 2.30. The smallest absolute Gasteiger partial charge is 0.322 e. The molecular weight excluding hydrogens is 345 g/mol. The van der Waals surface area contributed by atoms with Crippen LogP contribution < -0.4 is 5.32 Å². The van der Waals surface area contributed by atoms with Crippen LogP contribution >= 0.6 is 11.6 Å². The second kappa shape index (κ2) is 7.12. The van der Waals surface area contributed by atoms with Crippen molar-refractivity contribution >= 4 is 23.3 Å². The highest BCUT2D eigenvalue weighted by molar-refractivity contribution is 6.31. The summed E-state index contributed by atoms with van der Waals surface area (Å²) >= 11 is 6.04. The van der Waals surface area contributed by atoms with Crippen LogP contribution in [0.25, 0.3) is 0 Å². The lowest BCUT2D eigenvalue weighted by atomic mass is 10.2. The number of aromatic nitrogens is 2. The van der Waals surface area contributed by atoms with Gasteiger partial charge in [-0.15, -0.1) is 0 Å². The largest absolute Gasteiger partial charge is 0.416 e. The number of anilines is 1. The maximum atomic E-state index is 12.7. The maximum Gasteiger partial charge on any atom is 0.416 e. The lowest BCUT2D eigenvalue weighted by molar-refractivity contribution is -0.137. The lowest BCUT2D eigenvalue weighted by Crippen LogP contribution is -2.31. The van der Waals surface area contributed by atoms with Gasteiger partial charge in [-0.3, -0.25) is 4.68 Å². The second-order valence-corrected chi connectivity index (χ2v) is 5.55. The Morgan fingerprint density at radius 2 is 2.12 bits per heavy atom. The minimum Gasteiger partial charge on any atom is -0.322 e. The van der Waals surface area contributed by atoms with E-state index in [0.29, 0.717) is 17.3 Å². The number of rotatable bonds is 4. The number of nitrogens with one attached hydrogen (secondary N) is 1. The van der Waals surface area contributed by atoms with Crippen LogP contribution in [0.15, 0.2) is 30.5 Å². The topological polar surface area (TPSA) is 50.2 Å². The molecule has 1 N–H and O–H groups in total. The number of carbonyl (C=O) groups is 1. The number of aryl methyl sites for hydroxylation is 1. The summed E-state index contributed by atoms with van der Waals surface area (Å²) in [5, 5.41) is 7.07. The van der Waals surface area contributed by atoms with Crippen molar-refractivity contribution in [3.05, 3.63) is 46.7 Å². The standard InChI is InChI=1S/C15H16ClF3N4O/c1-3-23-8-12(16)13(21-23)9-22(2)14(24)20-11-6-4-5-10(7-11)15(17,18)19/h4-8H,3,9H2,1-2H3,(H,20,24). The first-order valence-corrected chi connectivity index (χ1v) is 7.49. The fraction of sp³-hybridized carbons (Fsp3) is 0.333. The fourth-order valence-electron chi connectivity index (χ4n) is 1.99. The third-order valence-electron chi connectivity index (χ3n) is 3.29. The van der Waals surface area contributed by atoms with E-state index in [4.69, 9.17) is 11.6 Å². The van der Waals surface area contributed by atoms with Gasteiger partial charge in [0.05, 0.1) is 17.1 Å². The first-order chi connectivity index (χ1) is 11.2. The van der Waals surface area contributed by atoms with E-state index in [1.165, 1.54) is 24.1 Å². The Bertz CT molecular complexity index is 730. The molecule has 0 aliphatic carbocycles. The van der Waals surface area contributed by atoms with Crippen molar-refractivity contribution in [3.63, 3.8) is 0 Å². The monoisotopic (exact) mass is 360 g/mol. The molecule has 0 atom stereocenters. The van der Waals surface area contributed by atoms with E-state index < -0.39 is 17.8 Å². The van der Waals surface area contributed by atoms with Crippen LogP contribution in [0.5, 0.6) is 0 Å². The molecule has 24 heavy (non-hydrogen) atoms. The molecule has 9 heteroatoms. The molecular formula is C15H16ClF3N4O. The molecule has 2 rings (SSSR count). The Morgan fingerprint density at radius 3 is 2.71 bits per heavy atom. The zero-order chi connectivity index (χ0) is 17.9. The number of hydrogen-bond donors (Lipinski definition) is 1. The average Bonchev–Trinajstić information content (AvgIpc) is 2.87. The van der Waals surface area contributed by atoms with Crippen LogP contribution in [0.2, 0.25) is 5.02 Å². The second-order valence-electron chi connectivity index (χ2n) is 5.14. The molecule has 0 spiro atoms.